The van der Waals surface area contributed by atoms with Crippen LogP contribution in [0.25, 0.3) is 5.65 Å². The number of aromatic nitrogens is 3. The Morgan fingerprint density at radius 1 is 1.22 bits per heavy atom. The van der Waals surface area contributed by atoms with Crippen molar-refractivity contribution < 1.29 is 22.8 Å². The molecule has 3 rings (SSSR count). The molecule has 0 aliphatic heterocycles. The molecule has 140 valence electrons. The minimum atomic E-state index is -4.63. The van der Waals surface area contributed by atoms with E-state index in [0.29, 0.717) is 4.52 Å². The van der Waals surface area contributed by atoms with Crippen LogP contribution in [0.2, 0.25) is 0 Å². The van der Waals surface area contributed by atoms with Gasteiger partial charge in [-0.15, -0.1) is 0 Å². The maximum Gasteiger partial charge on any atom is 0.433 e. The predicted octanol–water partition coefficient (Wildman–Crippen LogP) is 2.84. The second kappa shape index (κ2) is 6.71. The second-order valence-electron chi connectivity index (χ2n) is 5.80. The van der Waals surface area contributed by atoms with Crippen molar-refractivity contribution in [3.8, 4) is 0 Å². The Hall–Kier alpha value is -3.43. The van der Waals surface area contributed by atoms with Crippen LogP contribution in [-0.2, 0) is 11.0 Å². The third-order valence-corrected chi connectivity index (χ3v) is 3.68. The van der Waals surface area contributed by atoms with E-state index in [-0.39, 0.29) is 28.3 Å². The molecule has 0 bridgehead atoms. The number of fused-ring (bicyclic) bond motifs is 1. The van der Waals surface area contributed by atoms with Gasteiger partial charge in [0.1, 0.15) is 5.69 Å². The number of aryl methyl sites for hydroxylation is 2. The number of benzene rings is 1. The molecule has 0 saturated carbocycles. The molecule has 2 N–H and O–H groups in total. The minimum Gasteiger partial charge on any atom is -0.380 e. The molecule has 0 aliphatic rings. The van der Waals surface area contributed by atoms with E-state index in [1.165, 1.54) is 6.92 Å². The number of nitrogens with zero attached hydrogens (tertiary/aromatic N) is 4. The quantitative estimate of drug-likeness (QED) is 0.328. The first-order valence-corrected chi connectivity index (χ1v) is 7.71. The molecule has 0 amide bonds. The number of hydrogen-bond acceptors (Lipinski definition) is 5. The van der Waals surface area contributed by atoms with Gasteiger partial charge in [-0.05, 0) is 32.0 Å². The van der Waals surface area contributed by atoms with E-state index in [1.807, 2.05) is 6.92 Å². The highest BCUT2D eigenvalue weighted by Crippen LogP contribution is 2.30. The largest absolute Gasteiger partial charge is 0.433 e. The topological polar surface area (TPSA) is 94.9 Å². The Morgan fingerprint density at radius 2 is 1.89 bits per heavy atom. The van der Waals surface area contributed by atoms with Crippen molar-refractivity contribution in [3.63, 3.8) is 0 Å². The molecule has 2 aromatic heterocycles. The first kappa shape index (κ1) is 18.4. The number of oxime groups is 1. The Bertz CT molecular complexity index is 1040. The van der Waals surface area contributed by atoms with Crippen molar-refractivity contribution in [2.24, 2.45) is 10.9 Å². The van der Waals surface area contributed by atoms with E-state index < -0.39 is 17.8 Å². The molecule has 3 aromatic rings. The van der Waals surface area contributed by atoms with E-state index in [2.05, 4.69) is 15.2 Å². The summed E-state index contributed by atoms with van der Waals surface area (Å²) in [4.78, 5) is 20.8. The third-order valence-electron chi connectivity index (χ3n) is 3.68. The van der Waals surface area contributed by atoms with Crippen LogP contribution in [0.3, 0.4) is 0 Å². The van der Waals surface area contributed by atoms with Crippen LogP contribution in [-0.4, -0.2) is 26.4 Å². The number of carbonyl (C=O) groups excluding carboxylic acids is 1. The number of nitrogens with two attached hydrogens (primary N) is 1. The van der Waals surface area contributed by atoms with Gasteiger partial charge in [-0.2, -0.15) is 18.3 Å². The van der Waals surface area contributed by atoms with Gasteiger partial charge in [-0.3, -0.25) is 0 Å². The highest BCUT2D eigenvalue weighted by Gasteiger charge is 2.35. The molecule has 0 aliphatic carbocycles. The Morgan fingerprint density at radius 3 is 2.52 bits per heavy atom. The molecule has 1 aromatic carbocycles. The number of hydrogen-bond donors (Lipinski definition) is 1. The number of alkyl halides is 3. The van der Waals surface area contributed by atoms with Gasteiger partial charge in [-0.1, -0.05) is 22.9 Å². The predicted molar refractivity (Wildman–Crippen MR) is 90.0 cm³/mol. The third kappa shape index (κ3) is 3.73. The fraction of sp³-hybridized carbons (Fsp3) is 0.176. The van der Waals surface area contributed by atoms with Gasteiger partial charge >= 0.3 is 12.1 Å². The minimum absolute atomic E-state index is 0.0147. The lowest BCUT2D eigenvalue weighted by Crippen LogP contribution is -2.17. The lowest BCUT2D eigenvalue weighted by molar-refractivity contribution is -0.142. The maximum absolute atomic E-state index is 13.2. The molecule has 27 heavy (non-hydrogen) atoms. The van der Waals surface area contributed by atoms with Gasteiger partial charge in [0.15, 0.2) is 11.5 Å². The SMILES string of the molecule is Cc1ccc(C(=O)O/N=C(/N)c2cnn3c(C(F)(F)F)cc(C)nc23)cc1. The normalized spacial score (nSPS) is 12.4. The zero-order chi connectivity index (χ0) is 19.8. The Labute approximate surface area is 151 Å². The molecule has 0 spiro atoms. The van der Waals surface area contributed by atoms with Crippen LogP contribution in [0.5, 0.6) is 0 Å². The lowest BCUT2D eigenvalue weighted by Gasteiger charge is -2.09. The smallest absolute Gasteiger partial charge is 0.380 e. The number of carbonyl (C=O) groups is 1. The molecule has 7 nitrogen and oxygen atoms in total. The number of amidine groups is 1. The highest BCUT2D eigenvalue weighted by molar-refractivity contribution is 6.02. The monoisotopic (exact) mass is 377 g/mol. The van der Waals surface area contributed by atoms with E-state index in [4.69, 9.17) is 10.6 Å². The van der Waals surface area contributed by atoms with Crippen molar-refractivity contribution in [2.75, 3.05) is 0 Å². The zero-order valence-electron chi connectivity index (χ0n) is 14.3. The Kier molecular flexibility index (Phi) is 4.56. The van der Waals surface area contributed by atoms with E-state index in [9.17, 15) is 18.0 Å². The summed E-state index contributed by atoms with van der Waals surface area (Å²) in [5.41, 5.74) is 5.98. The summed E-state index contributed by atoms with van der Waals surface area (Å²) >= 11 is 0. The highest BCUT2D eigenvalue weighted by atomic mass is 19.4. The molecule has 0 fully saturated rings. The van der Waals surface area contributed by atoms with Crippen LogP contribution >= 0.6 is 0 Å². The summed E-state index contributed by atoms with van der Waals surface area (Å²) in [6.45, 7) is 3.28. The first-order chi connectivity index (χ1) is 12.7. The lowest BCUT2D eigenvalue weighted by atomic mass is 10.2. The van der Waals surface area contributed by atoms with Gasteiger partial charge < -0.3 is 10.6 Å². The van der Waals surface area contributed by atoms with Crippen molar-refractivity contribution in [1.29, 1.82) is 0 Å². The standard InChI is InChI=1S/C17H14F3N5O2/c1-9-3-5-11(6-4-9)16(26)27-24-14(21)12-8-22-25-13(17(18,19)20)7-10(2)23-15(12)25/h3-8H,1-2H3,(H2,21,24). The second-order valence-corrected chi connectivity index (χ2v) is 5.80. The van der Waals surface area contributed by atoms with Crippen molar-refractivity contribution in [3.05, 3.63) is 64.6 Å². The Balaban J connectivity index is 1.93. The zero-order valence-corrected chi connectivity index (χ0v) is 14.3. The summed E-state index contributed by atoms with van der Waals surface area (Å²) in [6, 6.07) is 7.42. The molecular formula is C17H14F3N5O2. The molecule has 10 heteroatoms. The average Bonchev–Trinajstić information content (AvgIpc) is 3.02. The molecule has 0 saturated heterocycles. The number of halogens is 3. The van der Waals surface area contributed by atoms with Crippen LogP contribution in [0.15, 0.2) is 41.7 Å². The van der Waals surface area contributed by atoms with Crippen LogP contribution in [0.1, 0.15) is 32.9 Å². The van der Waals surface area contributed by atoms with Crippen LogP contribution in [0, 0.1) is 13.8 Å². The molecule has 0 atom stereocenters. The van der Waals surface area contributed by atoms with E-state index in [1.54, 1.807) is 24.3 Å². The average molecular weight is 377 g/mol. The number of rotatable bonds is 3. The van der Waals surface area contributed by atoms with Gasteiger partial charge in [0.2, 0.25) is 0 Å². The fourth-order valence-electron chi connectivity index (χ4n) is 2.35. The van der Waals surface area contributed by atoms with Crippen LogP contribution in [0.4, 0.5) is 13.2 Å². The summed E-state index contributed by atoms with van der Waals surface area (Å²) in [5.74, 6) is -1.08. The molecule has 0 radical (unpaired) electrons. The summed E-state index contributed by atoms with van der Waals surface area (Å²) in [7, 11) is 0. The first-order valence-electron chi connectivity index (χ1n) is 7.71. The fourth-order valence-corrected chi connectivity index (χ4v) is 2.35. The summed E-state index contributed by atoms with van der Waals surface area (Å²) in [6.07, 6.45) is -3.55. The van der Waals surface area contributed by atoms with Gasteiger partial charge in [0.05, 0.1) is 17.3 Å². The van der Waals surface area contributed by atoms with Crippen LogP contribution < -0.4 is 5.73 Å². The van der Waals surface area contributed by atoms with Gasteiger partial charge in [0.25, 0.3) is 0 Å². The van der Waals surface area contributed by atoms with E-state index in [0.717, 1.165) is 17.8 Å². The van der Waals surface area contributed by atoms with Crippen molar-refractivity contribution in [2.45, 2.75) is 20.0 Å². The molecule has 0 unspecified atom stereocenters. The van der Waals surface area contributed by atoms with Crippen molar-refractivity contribution >= 4 is 17.5 Å². The summed E-state index contributed by atoms with van der Waals surface area (Å²) < 4.78 is 40.1. The summed E-state index contributed by atoms with van der Waals surface area (Å²) in [5, 5.41) is 7.18. The molecule has 2 heterocycles. The molecular weight excluding hydrogens is 363 g/mol. The van der Waals surface area contributed by atoms with Crippen molar-refractivity contribution in [1.82, 2.24) is 14.6 Å². The van der Waals surface area contributed by atoms with Gasteiger partial charge in [-0.25, -0.2) is 14.3 Å². The van der Waals surface area contributed by atoms with E-state index >= 15 is 0 Å². The maximum atomic E-state index is 13.2. The van der Waals surface area contributed by atoms with Gasteiger partial charge in [0, 0.05) is 5.69 Å².